The topological polar surface area (TPSA) is 66.8 Å². The van der Waals surface area contributed by atoms with Crippen molar-refractivity contribution in [1.29, 1.82) is 0 Å². The van der Waals surface area contributed by atoms with Gasteiger partial charge in [0.15, 0.2) is 6.10 Å². The number of methoxy groups -OCH3 is 1. The van der Waals surface area contributed by atoms with E-state index in [1.807, 2.05) is 13.8 Å². The van der Waals surface area contributed by atoms with Crippen LogP contribution in [0.25, 0.3) is 0 Å². The Morgan fingerprint density at radius 1 is 1.38 bits per heavy atom. The smallest absolute Gasteiger partial charge is 0.333 e. The molecule has 0 aliphatic rings. The molecular weight excluding hydrogens is 208 g/mol. The van der Waals surface area contributed by atoms with Gasteiger partial charge in [-0.2, -0.15) is 0 Å². The zero-order valence-corrected chi connectivity index (χ0v) is 9.65. The Morgan fingerprint density at radius 3 is 2.44 bits per heavy atom. The molecule has 0 radical (unpaired) electrons. The zero-order chi connectivity index (χ0) is 12.3. The van der Waals surface area contributed by atoms with E-state index in [0.717, 1.165) is 11.1 Å². The second kappa shape index (κ2) is 4.99. The van der Waals surface area contributed by atoms with E-state index >= 15 is 0 Å². The summed E-state index contributed by atoms with van der Waals surface area (Å²) in [6.45, 7) is 3.81. The third-order valence-corrected chi connectivity index (χ3v) is 2.66. The largest absolute Gasteiger partial charge is 0.508 e. The van der Waals surface area contributed by atoms with E-state index in [-0.39, 0.29) is 12.2 Å². The summed E-state index contributed by atoms with van der Waals surface area (Å²) in [5.41, 5.74) is 2.59. The highest BCUT2D eigenvalue weighted by molar-refractivity contribution is 5.73. The number of aliphatic carboxylic acids is 1. The first-order valence-electron chi connectivity index (χ1n) is 5.00. The molecule has 0 spiro atoms. The number of carboxylic acids is 1. The van der Waals surface area contributed by atoms with Crippen molar-refractivity contribution in [2.24, 2.45) is 0 Å². The first kappa shape index (κ1) is 12.5. The molecule has 0 aliphatic heterocycles. The second-order valence-corrected chi connectivity index (χ2v) is 3.83. The van der Waals surface area contributed by atoms with Crippen molar-refractivity contribution in [3.05, 3.63) is 28.8 Å². The Morgan fingerprint density at radius 2 is 1.94 bits per heavy atom. The SMILES string of the molecule is COC(Cc1cc(C)c(C)cc1O)C(=O)O. The van der Waals surface area contributed by atoms with Crippen LogP contribution in [0.15, 0.2) is 12.1 Å². The van der Waals surface area contributed by atoms with E-state index in [1.54, 1.807) is 12.1 Å². The number of benzene rings is 1. The molecule has 88 valence electrons. The molecule has 0 aromatic heterocycles. The lowest BCUT2D eigenvalue weighted by Crippen LogP contribution is -2.24. The van der Waals surface area contributed by atoms with Crippen LogP contribution in [0.1, 0.15) is 16.7 Å². The minimum Gasteiger partial charge on any atom is -0.508 e. The molecule has 0 saturated heterocycles. The summed E-state index contributed by atoms with van der Waals surface area (Å²) < 4.78 is 4.83. The van der Waals surface area contributed by atoms with E-state index in [1.165, 1.54) is 7.11 Å². The highest BCUT2D eigenvalue weighted by Gasteiger charge is 2.19. The third-order valence-electron chi connectivity index (χ3n) is 2.66. The number of carbonyl (C=O) groups is 1. The lowest BCUT2D eigenvalue weighted by molar-refractivity contribution is -0.148. The molecule has 16 heavy (non-hydrogen) atoms. The van der Waals surface area contributed by atoms with E-state index in [9.17, 15) is 9.90 Å². The highest BCUT2D eigenvalue weighted by Crippen LogP contribution is 2.23. The summed E-state index contributed by atoms with van der Waals surface area (Å²) in [5.74, 6) is -0.911. The van der Waals surface area contributed by atoms with Crippen LogP contribution in [0, 0.1) is 13.8 Å². The fourth-order valence-corrected chi connectivity index (χ4v) is 1.50. The van der Waals surface area contributed by atoms with Gasteiger partial charge in [0.2, 0.25) is 0 Å². The second-order valence-electron chi connectivity index (χ2n) is 3.83. The van der Waals surface area contributed by atoms with Gasteiger partial charge in [-0.05, 0) is 36.6 Å². The summed E-state index contributed by atoms with van der Waals surface area (Å²) >= 11 is 0. The Labute approximate surface area is 94.5 Å². The number of phenols is 1. The molecule has 1 unspecified atom stereocenters. The molecule has 0 saturated carbocycles. The average molecular weight is 224 g/mol. The summed E-state index contributed by atoms with van der Waals surface area (Å²) in [7, 11) is 1.34. The lowest BCUT2D eigenvalue weighted by Gasteiger charge is -2.13. The van der Waals surface area contributed by atoms with Gasteiger partial charge in [-0.25, -0.2) is 4.79 Å². The van der Waals surface area contributed by atoms with Crippen molar-refractivity contribution < 1.29 is 19.7 Å². The highest BCUT2D eigenvalue weighted by atomic mass is 16.5. The Hall–Kier alpha value is -1.55. The first-order chi connectivity index (χ1) is 7.45. The summed E-state index contributed by atoms with van der Waals surface area (Å²) in [6.07, 6.45) is -0.758. The molecule has 1 aromatic carbocycles. The molecule has 4 nitrogen and oxygen atoms in total. The molecule has 2 N–H and O–H groups in total. The number of aromatic hydroxyl groups is 1. The minimum atomic E-state index is -1.03. The molecule has 0 bridgehead atoms. The van der Waals surface area contributed by atoms with Crippen molar-refractivity contribution >= 4 is 5.97 Å². The maximum atomic E-state index is 10.8. The van der Waals surface area contributed by atoms with E-state index in [0.29, 0.717) is 5.56 Å². The summed E-state index contributed by atoms with van der Waals surface area (Å²) in [5, 5.41) is 18.5. The molecule has 1 aromatic rings. The number of carboxylic acid groups (broad SMARTS) is 1. The number of ether oxygens (including phenoxy) is 1. The van der Waals surface area contributed by atoms with Crippen molar-refractivity contribution in [2.45, 2.75) is 26.4 Å². The zero-order valence-electron chi connectivity index (χ0n) is 9.65. The molecule has 4 heteroatoms. The Kier molecular flexibility index (Phi) is 3.90. The van der Waals surface area contributed by atoms with Gasteiger partial charge in [0.05, 0.1) is 0 Å². The van der Waals surface area contributed by atoms with E-state index < -0.39 is 12.1 Å². The molecule has 1 rings (SSSR count). The van der Waals surface area contributed by atoms with Crippen LogP contribution in [0.4, 0.5) is 0 Å². The van der Waals surface area contributed by atoms with Gasteiger partial charge >= 0.3 is 5.97 Å². The minimum absolute atomic E-state index is 0.117. The number of aryl methyl sites for hydroxylation is 2. The van der Waals surface area contributed by atoms with Gasteiger partial charge < -0.3 is 14.9 Å². The maximum absolute atomic E-state index is 10.8. The van der Waals surface area contributed by atoms with Gasteiger partial charge in [-0.1, -0.05) is 6.07 Å². The quantitative estimate of drug-likeness (QED) is 0.816. The molecule has 1 atom stereocenters. The van der Waals surface area contributed by atoms with Gasteiger partial charge in [0.1, 0.15) is 5.75 Å². The van der Waals surface area contributed by atoms with Crippen molar-refractivity contribution in [2.75, 3.05) is 7.11 Å². The van der Waals surface area contributed by atoms with E-state index in [4.69, 9.17) is 9.84 Å². The fraction of sp³-hybridized carbons (Fsp3) is 0.417. The number of hydrogen-bond donors (Lipinski definition) is 2. The molecule has 0 amide bonds. The number of phenolic OH excluding ortho intramolecular Hbond substituents is 1. The van der Waals surface area contributed by atoms with Crippen LogP contribution < -0.4 is 0 Å². The third kappa shape index (κ3) is 2.73. The summed E-state index contributed by atoms with van der Waals surface area (Å²) in [4.78, 5) is 10.8. The van der Waals surface area contributed by atoms with Crippen molar-refractivity contribution in [1.82, 2.24) is 0 Å². The lowest BCUT2D eigenvalue weighted by atomic mass is 10.0. The average Bonchev–Trinajstić information content (AvgIpc) is 2.21. The van der Waals surface area contributed by atoms with Crippen molar-refractivity contribution in [3.8, 4) is 5.75 Å². The van der Waals surface area contributed by atoms with Gasteiger partial charge in [0.25, 0.3) is 0 Å². The summed E-state index contributed by atoms with van der Waals surface area (Å²) in [6, 6.07) is 3.43. The van der Waals surface area contributed by atoms with Crippen LogP contribution >= 0.6 is 0 Å². The van der Waals surface area contributed by atoms with Gasteiger partial charge in [0, 0.05) is 13.5 Å². The normalized spacial score (nSPS) is 12.4. The van der Waals surface area contributed by atoms with Crippen LogP contribution in [0.3, 0.4) is 0 Å². The van der Waals surface area contributed by atoms with Crippen LogP contribution in [-0.4, -0.2) is 29.4 Å². The monoisotopic (exact) mass is 224 g/mol. The number of hydrogen-bond acceptors (Lipinski definition) is 3. The van der Waals surface area contributed by atoms with Crippen molar-refractivity contribution in [3.63, 3.8) is 0 Å². The van der Waals surface area contributed by atoms with Gasteiger partial charge in [-0.3, -0.25) is 0 Å². The predicted molar refractivity (Wildman–Crippen MR) is 59.7 cm³/mol. The Balaban J connectivity index is 2.96. The predicted octanol–water partition coefficient (Wildman–Crippen LogP) is 1.65. The number of rotatable bonds is 4. The van der Waals surface area contributed by atoms with Crippen LogP contribution in [0.2, 0.25) is 0 Å². The molecule has 0 fully saturated rings. The first-order valence-corrected chi connectivity index (χ1v) is 5.00. The molecular formula is C12H16O4. The fourth-order valence-electron chi connectivity index (χ4n) is 1.50. The van der Waals surface area contributed by atoms with Crippen LogP contribution in [-0.2, 0) is 16.0 Å². The van der Waals surface area contributed by atoms with Gasteiger partial charge in [-0.15, -0.1) is 0 Å². The van der Waals surface area contributed by atoms with E-state index in [2.05, 4.69) is 0 Å². The molecule has 0 heterocycles. The standard InChI is InChI=1S/C12H16O4/c1-7-4-9(10(13)5-8(7)2)6-11(16-3)12(14)15/h4-5,11,13H,6H2,1-3H3,(H,14,15). The maximum Gasteiger partial charge on any atom is 0.333 e. The Bertz CT molecular complexity index is 398. The molecule has 0 aliphatic carbocycles. The van der Waals surface area contributed by atoms with Crippen LogP contribution in [0.5, 0.6) is 5.75 Å².